The number of H-pyrrole nitrogens is 2. The molecule has 0 saturated heterocycles. The number of benzene rings is 3. The van der Waals surface area contributed by atoms with Gasteiger partial charge >= 0.3 is 5.69 Å². The maximum absolute atomic E-state index is 12.9. The summed E-state index contributed by atoms with van der Waals surface area (Å²) in [6, 6.07) is 15.2. The zero-order valence-electron chi connectivity index (χ0n) is 15.1. The third-order valence-electron chi connectivity index (χ3n) is 4.74. The van der Waals surface area contributed by atoms with Crippen LogP contribution in [0.2, 0.25) is 0 Å². The van der Waals surface area contributed by atoms with Crippen LogP contribution in [0.1, 0.15) is 0 Å². The van der Waals surface area contributed by atoms with Crippen molar-refractivity contribution < 1.29 is 17.6 Å². The number of sulfonamides is 1. The highest BCUT2D eigenvalue weighted by atomic mass is 32.2. The van der Waals surface area contributed by atoms with Crippen molar-refractivity contribution in [2.24, 2.45) is 0 Å². The Labute approximate surface area is 164 Å². The van der Waals surface area contributed by atoms with Crippen LogP contribution in [0.15, 0.2) is 68.7 Å². The van der Waals surface area contributed by atoms with Gasteiger partial charge in [-0.1, -0.05) is 18.2 Å². The summed E-state index contributed by atoms with van der Waals surface area (Å²) in [7, 11) is -2.46. The molecule has 0 saturated carbocycles. The van der Waals surface area contributed by atoms with Crippen molar-refractivity contribution in [2.45, 2.75) is 4.90 Å². The molecule has 0 radical (unpaired) electrons. The Bertz CT molecular complexity index is 1560. The number of hydrogen-bond acceptors (Lipinski definition) is 5. The number of aromatic amines is 2. The Kier molecular flexibility index (Phi) is 3.68. The monoisotopic (exact) mass is 409 g/mol. The number of nitrogens with one attached hydrogen (secondary N) is 3. The Balaban J connectivity index is 1.61. The molecular formula is C20H15N3O5S. The summed E-state index contributed by atoms with van der Waals surface area (Å²) in [6.45, 7) is 0. The molecule has 3 N–H and O–H groups in total. The summed E-state index contributed by atoms with van der Waals surface area (Å²) >= 11 is 0. The number of aromatic nitrogens is 2. The van der Waals surface area contributed by atoms with Crippen LogP contribution in [0.4, 0.5) is 5.69 Å². The first-order valence-electron chi connectivity index (χ1n) is 8.69. The third-order valence-corrected chi connectivity index (χ3v) is 6.10. The number of para-hydroxylation sites is 1. The summed E-state index contributed by atoms with van der Waals surface area (Å²) in [5.41, 5.74) is 2.01. The predicted molar refractivity (Wildman–Crippen MR) is 110 cm³/mol. The lowest BCUT2D eigenvalue weighted by Gasteiger charge is -2.12. The molecule has 5 rings (SSSR count). The second kappa shape index (κ2) is 6.14. The Morgan fingerprint density at radius 2 is 1.72 bits per heavy atom. The van der Waals surface area contributed by atoms with E-state index in [0.717, 1.165) is 10.8 Å². The van der Waals surface area contributed by atoms with Gasteiger partial charge < -0.3 is 19.1 Å². The summed E-state index contributed by atoms with van der Waals surface area (Å²) < 4.78 is 39.6. The molecular weight excluding hydrogens is 394 g/mol. The standard InChI is InChI=1S/C20H15N3O5S/c1-27-19-9-13-12-4-2-3-5-17(12)28-18(13)10-16(19)23-29(25,26)11-6-7-14-15(8-11)22-20(24)21-14/h2-10,23H,1H3,(H2,21,22,24). The van der Waals surface area contributed by atoms with Gasteiger partial charge in [-0.05, 0) is 30.3 Å². The first-order chi connectivity index (χ1) is 13.9. The first-order valence-corrected chi connectivity index (χ1v) is 10.2. The number of anilines is 1. The van der Waals surface area contributed by atoms with Crippen LogP contribution in [0.5, 0.6) is 5.75 Å². The molecule has 5 aromatic rings. The molecule has 146 valence electrons. The lowest BCUT2D eigenvalue weighted by Crippen LogP contribution is -2.13. The molecule has 2 heterocycles. The van der Waals surface area contributed by atoms with Crippen LogP contribution in [0, 0.1) is 0 Å². The first kappa shape index (κ1) is 17.4. The van der Waals surface area contributed by atoms with Gasteiger partial charge in [0.2, 0.25) is 0 Å². The van der Waals surface area contributed by atoms with Crippen LogP contribution in [0.25, 0.3) is 33.0 Å². The van der Waals surface area contributed by atoms with Crippen LogP contribution in [-0.4, -0.2) is 25.5 Å². The molecule has 8 nitrogen and oxygen atoms in total. The van der Waals surface area contributed by atoms with E-state index >= 15 is 0 Å². The average Bonchev–Trinajstić information content (AvgIpc) is 3.24. The van der Waals surface area contributed by atoms with Crippen molar-refractivity contribution >= 4 is 48.7 Å². The van der Waals surface area contributed by atoms with Crippen molar-refractivity contribution in [2.75, 3.05) is 11.8 Å². The van der Waals surface area contributed by atoms with Gasteiger partial charge in [-0.3, -0.25) is 4.72 Å². The lowest BCUT2D eigenvalue weighted by atomic mass is 10.1. The van der Waals surface area contributed by atoms with Crippen molar-refractivity contribution in [3.05, 3.63) is 65.1 Å². The largest absolute Gasteiger partial charge is 0.495 e. The topological polar surface area (TPSA) is 117 Å². The highest BCUT2D eigenvalue weighted by molar-refractivity contribution is 7.92. The van der Waals surface area contributed by atoms with Gasteiger partial charge in [0.15, 0.2) is 0 Å². The zero-order chi connectivity index (χ0) is 20.2. The molecule has 0 aliphatic carbocycles. The van der Waals surface area contributed by atoms with Gasteiger partial charge in [-0.25, -0.2) is 13.2 Å². The molecule has 0 bridgehead atoms. The van der Waals surface area contributed by atoms with E-state index in [1.165, 1.54) is 25.3 Å². The quantitative estimate of drug-likeness (QED) is 0.420. The fraction of sp³-hybridized carbons (Fsp3) is 0.0500. The van der Waals surface area contributed by atoms with Gasteiger partial charge in [0, 0.05) is 16.8 Å². The molecule has 0 spiro atoms. The fourth-order valence-corrected chi connectivity index (χ4v) is 4.47. The van der Waals surface area contributed by atoms with E-state index in [4.69, 9.17) is 9.15 Å². The van der Waals surface area contributed by atoms with Gasteiger partial charge in [0.05, 0.1) is 28.7 Å². The minimum Gasteiger partial charge on any atom is -0.495 e. The number of furan rings is 1. The SMILES string of the molecule is COc1cc2c(cc1NS(=O)(=O)c1ccc3[nH]c(=O)[nH]c3c1)oc1ccccc12. The van der Waals surface area contributed by atoms with E-state index < -0.39 is 15.7 Å². The van der Waals surface area contributed by atoms with E-state index in [1.54, 1.807) is 12.1 Å². The van der Waals surface area contributed by atoms with Crippen LogP contribution < -0.4 is 15.1 Å². The number of methoxy groups -OCH3 is 1. The molecule has 0 aliphatic heterocycles. The Morgan fingerprint density at radius 1 is 0.931 bits per heavy atom. The minimum atomic E-state index is -3.93. The van der Waals surface area contributed by atoms with Gasteiger partial charge in [0.1, 0.15) is 16.9 Å². The second-order valence-corrected chi connectivity index (χ2v) is 8.22. The second-order valence-electron chi connectivity index (χ2n) is 6.54. The minimum absolute atomic E-state index is 0.00649. The number of rotatable bonds is 4. The summed E-state index contributed by atoms with van der Waals surface area (Å²) in [6.07, 6.45) is 0. The van der Waals surface area contributed by atoms with Gasteiger partial charge in [-0.2, -0.15) is 0 Å². The summed E-state index contributed by atoms with van der Waals surface area (Å²) in [5, 5.41) is 1.74. The molecule has 0 amide bonds. The fourth-order valence-electron chi connectivity index (χ4n) is 3.38. The van der Waals surface area contributed by atoms with E-state index in [0.29, 0.717) is 27.9 Å². The van der Waals surface area contributed by atoms with E-state index in [9.17, 15) is 13.2 Å². The van der Waals surface area contributed by atoms with Gasteiger partial charge in [0.25, 0.3) is 10.0 Å². The van der Waals surface area contributed by atoms with Gasteiger partial charge in [-0.15, -0.1) is 0 Å². The molecule has 0 aliphatic rings. The van der Waals surface area contributed by atoms with E-state index in [1.807, 2.05) is 24.3 Å². The highest BCUT2D eigenvalue weighted by Gasteiger charge is 2.20. The molecule has 0 unspecified atom stereocenters. The predicted octanol–water partition coefficient (Wildman–Crippen LogP) is 3.57. The molecule has 0 fully saturated rings. The molecule has 2 aromatic heterocycles. The van der Waals surface area contributed by atoms with E-state index in [2.05, 4.69) is 14.7 Å². The van der Waals surface area contributed by atoms with Crippen molar-refractivity contribution in [3.63, 3.8) is 0 Å². The summed E-state index contributed by atoms with van der Waals surface area (Å²) in [4.78, 5) is 16.6. The maximum atomic E-state index is 12.9. The molecule has 3 aromatic carbocycles. The maximum Gasteiger partial charge on any atom is 0.323 e. The highest BCUT2D eigenvalue weighted by Crippen LogP contribution is 2.37. The van der Waals surface area contributed by atoms with Crippen LogP contribution >= 0.6 is 0 Å². The molecule has 29 heavy (non-hydrogen) atoms. The smallest absolute Gasteiger partial charge is 0.323 e. The lowest BCUT2D eigenvalue weighted by molar-refractivity contribution is 0.417. The zero-order valence-corrected chi connectivity index (χ0v) is 16.0. The van der Waals surface area contributed by atoms with Crippen molar-refractivity contribution in [1.29, 1.82) is 0 Å². The normalized spacial score (nSPS) is 12.0. The number of hydrogen-bond donors (Lipinski definition) is 3. The molecule has 9 heteroatoms. The Hall–Kier alpha value is -3.72. The third kappa shape index (κ3) is 2.83. The summed E-state index contributed by atoms with van der Waals surface area (Å²) in [5.74, 6) is 0.365. The van der Waals surface area contributed by atoms with Crippen LogP contribution in [0.3, 0.4) is 0 Å². The van der Waals surface area contributed by atoms with Crippen molar-refractivity contribution in [1.82, 2.24) is 9.97 Å². The van der Waals surface area contributed by atoms with Crippen LogP contribution in [-0.2, 0) is 10.0 Å². The number of fused-ring (bicyclic) bond motifs is 4. The number of ether oxygens (including phenoxy) is 1. The Morgan fingerprint density at radius 3 is 2.55 bits per heavy atom. The van der Waals surface area contributed by atoms with E-state index in [-0.39, 0.29) is 10.6 Å². The van der Waals surface area contributed by atoms with Crippen molar-refractivity contribution in [3.8, 4) is 5.75 Å². The molecule has 0 atom stereocenters. The number of imidazole rings is 1. The average molecular weight is 409 g/mol.